The highest BCUT2D eigenvalue weighted by Gasteiger charge is 2.30. The van der Waals surface area contributed by atoms with Gasteiger partial charge in [-0.25, -0.2) is 0 Å². The molecule has 204 valence electrons. The standard InChI is InChI=1S/C29H22F3N3O3S2/c30-29(31,32)20-9-4-10-21(15-20)33-26(36)18-40-23-12-5-11-22(16-23)34-28(38)25(17-24-13-6-14-39-24)35-27(37)19-7-2-1-3-8-19/h1-17H,18H2,(H,33,36)(H,34,38)(H,35,37)/b25-17-. The van der Waals surface area contributed by atoms with Crippen LogP contribution in [0.1, 0.15) is 20.8 Å². The Morgan fingerprint density at radius 3 is 2.25 bits per heavy atom. The molecule has 3 aromatic carbocycles. The highest BCUT2D eigenvalue weighted by atomic mass is 32.2. The Bertz CT molecular complexity index is 1520. The Labute approximate surface area is 236 Å². The summed E-state index contributed by atoms with van der Waals surface area (Å²) in [5.41, 5.74) is 0.0706. The van der Waals surface area contributed by atoms with Crippen LogP contribution in [0.5, 0.6) is 0 Å². The molecule has 0 atom stereocenters. The lowest BCUT2D eigenvalue weighted by atomic mass is 10.2. The van der Waals surface area contributed by atoms with E-state index >= 15 is 0 Å². The van der Waals surface area contributed by atoms with E-state index in [9.17, 15) is 27.6 Å². The number of carbonyl (C=O) groups is 3. The highest BCUT2D eigenvalue weighted by molar-refractivity contribution is 8.00. The molecule has 0 unspecified atom stereocenters. The van der Waals surface area contributed by atoms with Crippen molar-refractivity contribution in [1.82, 2.24) is 5.32 Å². The summed E-state index contributed by atoms with van der Waals surface area (Å²) in [5.74, 6) is -1.52. The molecule has 1 aromatic heterocycles. The minimum atomic E-state index is -4.51. The van der Waals surface area contributed by atoms with Crippen molar-refractivity contribution in [2.45, 2.75) is 11.1 Å². The molecule has 0 saturated carbocycles. The van der Waals surface area contributed by atoms with Crippen molar-refractivity contribution in [3.05, 3.63) is 118 Å². The molecular weight excluding hydrogens is 559 g/mol. The van der Waals surface area contributed by atoms with E-state index < -0.39 is 29.5 Å². The average molecular weight is 582 g/mol. The number of hydrogen-bond acceptors (Lipinski definition) is 5. The van der Waals surface area contributed by atoms with Gasteiger partial charge in [0, 0.05) is 26.7 Å². The number of halogens is 3. The first-order valence-electron chi connectivity index (χ1n) is 11.8. The van der Waals surface area contributed by atoms with Crippen LogP contribution in [0, 0.1) is 0 Å². The summed E-state index contributed by atoms with van der Waals surface area (Å²) in [4.78, 5) is 39.6. The predicted molar refractivity (Wildman–Crippen MR) is 152 cm³/mol. The van der Waals surface area contributed by atoms with Gasteiger partial charge in [-0.3, -0.25) is 14.4 Å². The number of benzene rings is 3. The third-order valence-corrected chi connectivity index (χ3v) is 7.11. The Morgan fingerprint density at radius 1 is 0.825 bits per heavy atom. The van der Waals surface area contributed by atoms with Crippen molar-refractivity contribution in [2.24, 2.45) is 0 Å². The lowest BCUT2D eigenvalue weighted by molar-refractivity contribution is -0.137. The second kappa shape index (κ2) is 13.1. The van der Waals surface area contributed by atoms with Gasteiger partial charge in [0.15, 0.2) is 0 Å². The second-order valence-electron chi connectivity index (χ2n) is 8.29. The number of rotatable bonds is 9. The molecule has 0 aliphatic carbocycles. The summed E-state index contributed by atoms with van der Waals surface area (Å²) >= 11 is 2.56. The van der Waals surface area contributed by atoms with Crippen molar-refractivity contribution in [2.75, 3.05) is 16.4 Å². The third-order valence-electron chi connectivity index (χ3n) is 5.29. The van der Waals surface area contributed by atoms with Crippen LogP contribution in [-0.2, 0) is 15.8 Å². The molecule has 0 spiro atoms. The molecule has 40 heavy (non-hydrogen) atoms. The van der Waals surface area contributed by atoms with E-state index in [4.69, 9.17) is 0 Å². The molecular formula is C29H22F3N3O3S2. The molecule has 0 fully saturated rings. The number of nitrogens with one attached hydrogen (secondary N) is 3. The van der Waals surface area contributed by atoms with E-state index in [-0.39, 0.29) is 17.1 Å². The lowest BCUT2D eigenvalue weighted by Crippen LogP contribution is -2.30. The normalized spacial score (nSPS) is 11.5. The van der Waals surface area contributed by atoms with E-state index in [2.05, 4.69) is 16.0 Å². The Kier molecular flexibility index (Phi) is 9.41. The van der Waals surface area contributed by atoms with Crippen LogP contribution in [0.4, 0.5) is 24.5 Å². The fraction of sp³-hybridized carbons (Fsp3) is 0.0690. The van der Waals surface area contributed by atoms with Crippen LogP contribution in [0.25, 0.3) is 6.08 Å². The third kappa shape index (κ3) is 8.32. The van der Waals surface area contributed by atoms with Gasteiger partial charge in [-0.05, 0) is 66.1 Å². The largest absolute Gasteiger partial charge is 0.416 e. The zero-order valence-corrected chi connectivity index (χ0v) is 22.3. The zero-order chi connectivity index (χ0) is 28.5. The second-order valence-corrected chi connectivity index (χ2v) is 10.3. The maximum absolute atomic E-state index is 13.1. The fourth-order valence-electron chi connectivity index (χ4n) is 3.44. The summed E-state index contributed by atoms with van der Waals surface area (Å²) in [6, 6.07) is 23.3. The number of thioether (sulfide) groups is 1. The number of anilines is 2. The summed E-state index contributed by atoms with van der Waals surface area (Å²) in [6.45, 7) is 0. The predicted octanol–water partition coefficient (Wildman–Crippen LogP) is 6.91. The van der Waals surface area contributed by atoms with Gasteiger partial charge in [0.1, 0.15) is 5.70 Å². The van der Waals surface area contributed by atoms with E-state index in [1.807, 2.05) is 17.5 Å². The van der Waals surface area contributed by atoms with Gasteiger partial charge < -0.3 is 16.0 Å². The number of thiophene rings is 1. The summed E-state index contributed by atoms with van der Waals surface area (Å²) in [7, 11) is 0. The number of amides is 3. The first-order chi connectivity index (χ1) is 19.2. The lowest BCUT2D eigenvalue weighted by Gasteiger charge is -2.12. The maximum atomic E-state index is 13.1. The monoisotopic (exact) mass is 581 g/mol. The van der Waals surface area contributed by atoms with Gasteiger partial charge in [-0.1, -0.05) is 36.4 Å². The molecule has 0 saturated heterocycles. The first kappa shape index (κ1) is 28.7. The molecule has 0 aliphatic rings. The van der Waals surface area contributed by atoms with Gasteiger partial charge in [0.25, 0.3) is 11.8 Å². The smallest absolute Gasteiger partial charge is 0.325 e. The molecule has 4 aromatic rings. The van der Waals surface area contributed by atoms with Crippen LogP contribution in [-0.4, -0.2) is 23.5 Å². The van der Waals surface area contributed by atoms with Crippen LogP contribution >= 0.6 is 23.1 Å². The quantitative estimate of drug-likeness (QED) is 0.148. The first-order valence-corrected chi connectivity index (χ1v) is 13.7. The molecule has 0 aliphatic heterocycles. The zero-order valence-electron chi connectivity index (χ0n) is 20.7. The van der Waals surface area contributed by atoms with Crippen molar-refractivity contribution in [3.63, 3.8) is 0 Å². The Hall–Kier alpha value is -4.35. The topological polar surface area (TPSA) is 87.3 Å². The Morgan fingerprint density at radius 2 is 1.55 bits per heavy atom. The van der Waals surface area contributed by atoms with Gasteiger partial charge in [-0.2, -0.15) is 13.2 Å². The average Bonchev–Trinajstić information content (AvgIpc) is 3.45. The maximum Gasteiger partial charge on any atom is 0.416 e. The molecule has 1 heterocycles. The van der Waals surface area contributed by atoms with Crippen LogP contribution < -0.4 is 16.0 Å². The highest BCUT2D eigenvalue weighted by Crippen LogP contribution is 2.31. The molecule has 11 heteroatoms. The minimum absolute atomic E-state index is 0.0454. The summed E-state index contributed by atoms with van der Waals surface area (Å²) < 4.78 is 38.8. The molecule has 0 bridgehead atoms. The minimum Gasteiger partial charge on any atom is -0.325 e. The van der Waals surface area contributed by atoms with E-state index in [0.29, 0.717) is 16.1 Å². The molecule has 3 N–H and O–H groups in total. The van der Waals surface area contributed by atoms with Crippen molar-refractivity contribution >= 4 is 58.3 Å². The van der Waals surface area contributed by atoms with E-state index in [1.54, 1.807) is 60.7 Å². The number of hydrogen-bond donors (Lipinski definition) is 3. The van der Waals surface area contributed by atoms with Gasteiger partial charge >= 0.3 is 6.18 Å². The van der Waals surface area contributed by atoms with Crippen molar-refractivity contribution in [1.29, 1.82) is 0 Å². The molecule has 3 amide bonds. The Balaban J connectivity index is 1.40. The number of carbonyl (C=O) groups excluding carboxylic acids is 3. The number of alkyl halides is 3. The van der Waals surface area contributed by atoms with E-state index in [1.165, 1.54) is 23.5 Å². The molecule has 0 radical (unpaired) electrons. The molecule has 4 rings (SSSR count). The van der Waals surface area contributed by atoms with Crippen molar-refractivity contribution in [3.8, 4) is 0 Å². The summed E-state index contributed by atoms with van der Waals surface area (Å²) in [6.07, 6.45) is -2.93. The molecule has 6 nitrogen and oxygen atoms in total. The fourth-order valence-corrected chi connectivity index (χ4v) is 4.85. The van der Waals surface area contributed by atoms with Crippen LogP contribution in [0.2, 0.25) is 0 Å². The van der Waals surface area contributed by atoms with Gasteiger partial charge in [0.05, 0.1) is 11.3 Å². The summed E-state index contributed by atoms with van der Waals surface area (Å²) in [5, 5.41) is 9.75. The van der Waals surface area contributed by atoms with Crippen LogP contribution in [0.3, 0.4) is 0 Å². The van der Waals surface area contributed by atoms with E-state index in [0.717, 1.165) is 28.8 Å². The van der Waals surface area contributed by atoms with Crippen LogP contribution in [0.15, 0.2) is 107 Å². The van der Waals surface area contributed by atoms with Gasteiger partial charge in [-0.15, -0.1) is 23.1 Å². The SMILES string of the molecule is O=C(CSc1cccc(NC(=O)/C(=C/c2cccs2)NC(=O)c2ccccc2)c1)Nc1cccc(C(F)(F)F)c1. The van der Waals surface area contributed by atoms with Gasteiger partial charge in [0.2, 0.25) is 5.91 Å². The van der Waals surface area contributed by atoms with Crippen molar-refractivity contribution < 1.29 is 27.6 Å².